The largest absolute Gasteiger partial charge is 0.388 e. The van der Waals surface area contributed by atoms with Gasteiger partial charge < -0.3 is 15.3 Å². The van der Waals surface area contributed by atoms with Gasteiger partial charge in [0.2, 0.25) is 5.95 Å². The number of likely N-dealkylation sites (N-methyl/N-ethyl adjacent to an activating group) is 1. The summed E-state index contributed by atoms with van der Waals surface area (Å²) in [4.78, 5) is 10.8. The lowest BCUT2D eigenvalue weighted by molar-refractivity contribution is 0.0558. The van der Waals surface area contributed by atoms with Gasteiger partial charge in [0, 0.05) is 31.9 Å². The van der Waals surface area contributed by atoms with Crippen molar-refractivity contribution in [2.45, 2.75) is 45.1 Å². The summed E-state index contributed by atoms with van der Waals surface area (Å²) in [6, 6.07) is 0. The van der Waals surface area contributed by atoms with Gasteiger partial charge in [0.15, 0.2) is 0 Å². The van der Waals surface area contributed by atoms with Crippen LogP contribution in [0.3, 0.4) is 0 Å². The number of nitrogens with zero attached hydrogens (tertiary/aromatic N) is 3. The van der Waals surface area contributed by atoms with E-state index in [1.165, 1.54) is 0 Å². The van der Waals surface area contributed by atoms with E-state index in [0.29, 0.717) is 12.5 Å². The summed E-state index contributed by atoms with van der Waals surface area (Å²) in [7, 11) is 1.99. The standard InChI is InChI=1S/C14H24N4O/c1-4-15-13-16-9-11(2)12(17-13)18(3)10-14(19)7-5-6-8-14/h9,19H,4-8,10H2,1-3H3,(H,15,16,17). The molecule has 0 aliphatic heterocycles. The summed E-state index contributed by atoms with van der Waals surface area (Å²) in [6.07, 6.45) is 5.85. The number of aliphatic hydroxyl groups is 1. The molecule has 2 N–H and O–H groups in total. The molecular formula is C14H24N4O. The minimum absolute atomic E-state index is 0.551. The maximum atomic E-state index is 10.5. The minimum atomic E-state index is -0.551. The molecule has 1 aliphatic rings. The van der Waals surface area contributed by atoms with Crippen molar-refractivity contribution in [3.63, 3.8) is 0 Å². The highest BCUT2D eigenvalue weighted by atomic mass is 16.3. The fourth-order valence-corrected chi connectivity index (χ4v) is 2.77. The number of hydrogen-bond acceptors (Lipinski definition) is 5. The van der Waals surface area contributed by atoms with E-state index >= 15 is 0 Å². The SMILES string of the molecule is CCNc1ncc(C)c(N(C)CC2(O)CCCC2)n1. The van der Waals surface area contributed by atoms with Crippen LogP contribution in [0.1, 0.15) is 38.2 Å². The maximum Gasteiger partial charge on any atom is 0.224 e. The number of aryl methyl sites for hydroxylation is 1. The van der Waals surface area contributed by atoms with Gasteiger partial charge in [-0.3, -0.25) is 0 Å². The molecule has 0 amide bonds. The van der Waals surface area contributed by atoms with Crippen molar-refractivity contribution in [1.82, 2.24) is 9.97 Å². The van der Waals surface area contributed by atoms with Gasteiger partial charge in [-0.2, -0.15) is 4.98 Å². The van der Waals surface area contributed by atoms with Crippen LogP contribution < -0.4 is 10.2 Å². The molecule has 0 atom stereocenters. The summed E-state index contributed by atoms with van der Waals surface area (Å²) < 4.78 is 0. The van der Waals surface area contributed by atoms with E-state index in [0.717, 1.165) is 43.6 Å². The number of nitrogens with one attached hydrogen (secondary N) is 1. The van der Waals surface area contributed by atoms with Gasteiger partial charge in [-0.15, -0.1) is 0 Å². The molecule has 5 heteroatoms. The van der Waals surface area contributed by atoms with Gasteiger partial charge in [-0.05, 0) is 26.7 Å². The Morgan fingerprint density at radius 1 is 1.42 bits per heavy atom. The molecule has 0 unspecified atom stereocenters. The fraction of sp³-hybridized carbons (Fsp3) is 0.714. The molecule has 106 valence electrons. The fourth-order valence-electron chi connectivity index (χ4n) is 2.77. The van der Waals surface area contributed by atoms with Gasteiger partial charge in [0.05, 0.1) is 5.60 Å². The Hall–Kier alpha value is -1.36. The van der Waals surface area contributed by atoms with Crippen molar-refractivity contribution < 1.29 is 5.11 Å². The summed E-state index contributed by atoms with van der Waals surface area (Å²) >= 11 is 0. The highest BCUT2D eigenvalue weighted by molar-refractivity contribution is 5.48. The van der Waals surface area contributed by atoms with E-state index in [9.17, 15) is 5.11 Å². The molecule has 0 bridgehead atoms. The highest BCUT2D eigenvalue weighted by Crippen LogP contribution is 2.31. The molecule has 0 spiro atoms. The average Bonchev–Trinajstić information content (AvgIpc) is 2.78. The van der Waals surface area contributed by atoms with E-state index in [-0.39, 0.29) is 0 Å². The third-order valence-electron chi connectivity index (χ3n) is 3.71. The Labute approximate surface area is 115 Å². The molecule has 0 aromatic carbocycles. The quantitative estimate of drug-likeness (QED) is 0.851. The van der Waals surface area contributed by atoms with Gasteiger partial charge in [0.25, 0.3) is 0 Å². The second-order valence-corrected chi connectivity index (χ2v) is 5.52. The Kier molecular flexibility index (Phi) is 4.24. The zero-order valence-corrected chi connectivity index (χ0v) is 12.1. The lowest BCUT2D eigenvalue weighted by atomic mass is 10.0. The molecule has 19 heavy (non-hydrogen) atoms. The van der Waals surface area contributed by atoms with Crippen LogP contribution in [0, 0.1) is 6.92 Å². The summed E-state index contributed by atoms with van der Waals surface area (Å²) in [5.74, 6) is 1.54. The van der Waals surface area contributed by atoms with Crippen LogP contribution in [-0.4, -0.2) is 40.8 Å². The molecule has 0 saturated heterocycles. The van der Waals surface area contributed by atoms with Crippen LogP contribution in [0.5, 0.6) is 0 Å². The smallest absolute Gasteiger partial charge is 0.224 e. The Morgan fingerprint density at radius 2 is 2.11 bits per heavy atom. The van der Waals surface area contributed by atoms with Crippen LogP contribution in [0.2, 0.25) is 0 Å². The Morgan fingerprint density at radius 3 is 2.74 bits per heavy atom. The van der Waals surface area contributed by atoms with Crippen molar-refractivity contribution in [2.24, 2.45) is 0 Å². The van der Waals surface area contributed by atoms with Crippen LogP contribution in [0.4, 0.5) is 11.8 Å². The van der Waals surface area contributed by atoms with Crippen molar-refractivity contribution in [1.29, 1.82) is 0 Å². The predicted molar refractivity (Wildman–Crippen MR) is 77.6 cm³/mol. The molecule has 5 nitrogen and oxygen atoms in total. The number of anilines is 2. The Balaban J connectivity index is 2.13. The van der Waals surface area contributed by atoms with Gasteiger partial charge in [0.1, 0.15) is 5.82 Å². The van der Waals surface area contributed by atoms with Gasteiger partial charge in [-0.1, -0.05) is 12.8 Å². The number of hydrogen-bond donors (Lipinski definition) is 2. The molecule has 1 aromatic heterocycles. The number of aromatic nitrogens is 2. The second kappa shape index (κ2) is 5.74. The molecule has 1 aliphatic carbocycles. The van der Waals surface area contributed by atoms with Crippen LogP contribution in [-0.2, 0) is 0 Å². The normalized spacial score (nSPS) is 17.5. The zero-order valence-electron chi connectivity index (χ0n) is 12.1. The van der Waals surface area contributed by atoms with Crippen molar-refractivity contribution in [3.8, 4) is 0 Å². The van der Waals surface area contributed by atoms with Gasteiger partial charge >= 0.3 is 0 Å². The second-order valence-electron chi connectivity index (χ2n) is 5.52. The molecule has 1 fully saturated rings. The maximum absolute atomic E-state index is 10.5. The first-order valence-corrected chi connectivity index (χ1v) is 7.05. The lowest BCUT2D eigenvalue weighted by Crippen LogP contribution is -2.39. The molecule has 2 rings (SSSR count). The molecule has 1 heterocycles. The van der Waals surface area contributed by atoms with Crippen LogP contribution in [0.25, 0.3) is 0 Å². The number of rotatable bonds is 5. The Bertz CT molecular complexity index is 429. The lowest BCUT2D eigenvalue weighted by Gasteiger charge is -2.30. The van der Waals surface area contributed by atoms with Crippen LogP contribution >= 0.6 is 0 Å². The first-order chi connectivity index (χ1) is 9.04. The first kappa shape index (κ1) is 14.1. The first-order valence-electron chi connectivity index (χ1n) is 7.05. The molecule has 1 saturated carbocycles. The summed E-state index contributed by atoms with van der Waals surface area (Å²) in [5, 5.41) is 13.6. The third-order valence-corrected chi connectivity index (χ3v) is 3.71. The average molecular weight is 264 g/mol. The summed E-state index contributed by atoms with van der Waals surface area (Å²) in [5.41, 5.74) is 0.482. The predicted octanol–water partition coefficient (Wildman–Crippen LogP) is 1.96. The zero-order chi connectivity index (χ0) is 13.9. The van der Waals surface area contributed by atoms with E-state index in [1.807, 2.05) is 32.0 Å². The van der Waals surface area contributed by atoms with Gasteiger partial charge in [-0.25, -0.2) is 4.98 Å². The molecule has 1 aromatic rings. The van der Waals surface area contributed by atoms with E-state index in [2.05, 4.69) is 15.3 Å². The van der Waals surface area contributed by atoms with Crippen molar-refractivity contribution >= 4 is 11.8 Å². The topological polar surface area (TPSA) is 61.3 Å². The van der Waals surface area contributed by atoms with E-state index in [4.69, 9.17) is 0 Å². The third kappa shape index (κ3) is 3.35. The van der Waals surface area contributed by atoms with Crippen LogP contribution in [0.15, 0.2) is 6.20 Å². The highest BCUT2D eigenvalue weighted by Gasteiger charge is 2.32. The summed E-state index contributed by atoms with van der Waals surface area (Å²) in [6.45, 7) is 5.46. The van der Waals surface area contributed by atoms with E-state index < -0.39 is 5.60 Å². The monoisotopic (exact) mass is 264 g/mol. The van der Waals surface area contributed by atoms with Crippen molar-refractivity contribution in [2.75, 3.05) is 30.4 Å². The molecular weight excluding hydrogens is 240 g/mol. The minimum Gasteiger partial charge on any atom is -0.388 e. The van der Waals surface area contributed by atoms with E-state index in [1.54, 1.807) is 0 Å². The van der Waals surface area contributed by atoms with Crippen molar-refractivity contribution in [3.05, 3.63) is 11.8 Å². The molecule has 0 radical (unpaired) electrons.